The molecule has 3 nitrogen and oxygen atoms in total. The number of aliphatic hydroxyl groups excluding tert-OH is 1. The van der Waals surface area contributed by atoms with Crippen LogP contribution in [0.25, 0.3) is 0 Å². The number of aliphatic hydroxyl groups is 1. The molecule has 3 rings (SSSR count). The van der Waals surface area contributed by atoms with Crippen molar-refractivity contribution in [3.63, 3.8) is 0 Å². The second-order valence-electron chi connectivity index (χ2n) is 7.11. The van der Waals surface area contributed by atoms with E-state index in [2.05, 4.69) is 10.6 Å². The highest BCUT2D eigenvalue weighted by atomic mass is 16.3. The first kappa shape index (κ1) is 13.8. The van der Waals surface area contributed by atoms with Crippen LogP contribution in [-0.4, -0.2) is 36.9 Å². The largest absolute Gasteiger partial charge is 0.396 e. The van der Waals surface area contributed by atoms with E-state index in [-0.39, 0.29) is 0 Å². The smallest absolute Gasteiger partial charge is 0.0436 e. The van der Waals surface area contributed by atoms with E-state index in [1.165, 1.54) is 57.9 Å². The predicted octanol–water partition coefficient (Wildman–Crippen LogP) is 2.05. The van der Waals surface area contributed by atoms with Crippen LogP contribution in [0.2, 0.25) is 0 Å². The van der Waals surface area contributed by atoms with E-state index in [0.29, 0.717) is 12.0 Å². The zero-order valence-corrected chi connectivity index (χ0v) is 12.2. The van der Waals surface area contributed by atoms with Gasteiger partial charge in [-0.05, 0) is 62.8 Å². The number of hydrogen-bond donors (Lipinski definition) is 3. The fourth-order valence-electron chi connectivity index (χ4n) is 4.25. The summed E-state index contributed by atoms with van der Waals surface area (Å²) in [7, 11) is 0. The average molecular weight is 266 g/mol. The molecular weight excluding hydrogens is 236 g/mol. The van der Waals surface area contributed by atoms with Gasteiger partial charge in [0.1, 0.15) is 0 Å². The van der Waals surface area contributed by atoms with Crippen molar-refractivity contribution in [2.45, 2.75) is 69.9 Å². The van der Waals surface area contributed by atoms with Crippen molar-refractivity contribution in [1.29, 1.82) is 0 Å². The van der Waals surface area contributed by atoms with Gasteiger partial charge >= 0.3 is 0 Å². The zero-order valence-electron chi connectivity index (χ0n) is 12.2. The molecule has 2 saturated carbocycles. The summed E-state index contributed by atoms with van der Waals surface area (Å²) in [5.41, 5.74) is 0.458. The monoisotopic (exact) mass is 266 g/mol. The van der Waals surface area contributed by atoms with Crippen LogP contribution in [0.1, 0.15) is 57.8 Å². The summed E-state index contributed by atoms with van der Waals surface area (Å²) >= 11 is 0. The minimum Gasteiger partial charge on any atom is -0.396 e. The molecule has 3 atom stereocenters. The van der Waals surface area contributed by atoms with Crippen molar-refractivity contribution < 1.29 is 5.11 Å². The van der Waals surface area contributed by atoms with E-state index in [0.717, 1.165) is 31.0 Å². The van der Waals surface area contributed by atoms with Gasteiger partial charge in [0.2, 0.25) is 0 Å². The molecule has 19 heavy (non-hydrogen) atoms. The lowest BCUT2D eigenvalue weighted by Gasteiger charge is -2.37. The molecule has 0 aromatic carbocycles. The average Bonchev–Trinajstić information content (AvgIpc) is 3.00. The van der Waals surface area contributed by atoms with Crippen molar-refractivity contribution in [3.05, 3.63) is 0 Å². The van der Waals surface area contributed by atoms with Gasteiger partial charge in [-0.3, -0.25) is 0 Å². The highest BCUT2D eigenvalue weighted by Crippen LogP contribution is 2.48. The number of hydrogen-bond acceptors (Lipinski definition) is 3. The predicted molar refractivity (Wildman–Crippen MR) is 78.1 cm³/mol. The fraction of sp³-hybridized carbons (Fsp3) is 1.00. The quantitative estimate of drug-likeness (QED) is 0.689. The lowest BCUT2D eigenvalue weighted by atomic mass is 9.79. The summed E-state index contributed by atoms with van der Waals surface area (Å²) in [6.45, 7) is 2.73. The van der Waals surface area contributed by atoms with Gasteiger partial charge in [0.05, 0.1) is 0 Å². The number of nitrogens with one attached hydrogen (secondary N) is 2. The Morgan fingerprint density at radius 1 is 1.11 bits per heavy atom. The molecule has 3 heteroatoms. The van der Waals surface area contributed by atoms with E-state index >= 15 is 0 Å². The Bertz CT molecular complexity index is 284. The third-order valence-corrected chi connectivity index (χ3v) is 5.77. The lowest BCUT2D eigenvalue weighted by molar-refractivity contribution is 0.193. The molecule has 0 aromatic rings. The normalized spacial score (nSPS) is 37.4. The molecule has 0 aromatic heterocycles. The Kier molecular flexibility index (Phi) is 4.45. The Balaban J connectivity index is 1.52. The molecule has 3 aliphatic rings. The third-order valence-electron chi connectivity index (χ3n) is 5.77. The third kappa shape index (κ3) is 3.32. The van der Waals surface area contributed by atoms with E-state index < -0.39 is 0 Å². The molecule has 0 bridgehead atoms. The summed E-state index contributed by atoms with van der Waals surface area (Å²) in [6.07, 6.45) is 12.0. The van der Waals surface area contributed by atoms with Crippen molar-refractivity contribution in [2.24, 2.45) is 11.3 Å². The maximum Gasteiger partial charge on any atom is 0.0436 e. The van der Waals surface area contributed by atoms with Crippen LogP contribution in [0.5, 0.6) is 0 Å². The standard InChI is InChI=1S/C16H30N2O/c19-11-9-16(7-8-16)12-18-15-5-2-1-4-13(15)14-6-3-10-17-14/h13-15,17-19H,1-12H2. The van der Waals surface area contributed by atoms with E-state index in [1.54, 1.807) is 0 Å². The van der Waals surface area contributed by atoms with Gasteiger partial charge < -0.3 is 15.7 Å². The van der Waals surface area contributed by atoms with Gasteiger partial charge in [0.15, 0.2) is 0 Å². The first-order chi connectivity index (χ1) is 9.33. The highest BCUT2D eigenvalue weighted by molar-refractivity contribution is 4.98. The molecule has 110 valence electrons. The van der Waals surface area contributed by atoms with Crippen LogP contribution in [0.4, 0.5) is 0 Å². The Morgan fingerprint density at radius 2 is 1.95 bits per heavy atom. The first-order valence-corrected chi connectivity index (χ1v) is 8.41. The fourth-order valence-corrected chi connectivity index (χ4v) is 4.25. The lowest BCUT2D eigenvalue weighted by Crippen LogP contribution is -2.48. The van der Waals surface area contributed by atoms with Crippen LogP contribution in [0, 0.1) is 11.3 Å². The molecule has 3 N–H and O–H groups in total. The van der Waals surface area contributed by atoms with Crippen LogP contribution < -0.4 is 10.6 Å². The second kappa shape index (κ2) is 6.11. The maximum absolute atomic E-state index is 9.17. The molecule has 3 fully saturated rings. The molecular formula is C16H30N2O. The van der Waals surface area contributed by atoms with E-state index in [4.69, 9.17) is 5.11 Å². The summed E-state index contributed by atoms with van der Waals surface area (Å²) in [5.74, 6) is 0.848. The zero-order chi connectivity index (χ0) is 13.1. The van der Waals surface area contributed by atoms with Gasteiger partial charge in [-0.1, -0.05) is 12.8 Å². The van der Waals surface area contributed by atoms with Crippen molar-refractivity contribution in [1.82, 2.24) is 10.6 Å². The second-order valence-corrected chi connectivity index (χ2v) is 7.11. The van der Waals surface area contributed by atoms with Crippen LogP contribution >= 0.6 is 0 Å². The van der Waals surface area contributed by atoms with Gasteiger partial charge in [-0.15, -0.1) is 0 Å². The number of rotatable bonds is 6. The molecule has 2 aliphatic carbocycles. The molecule has 3 unspecified atom stereocenters. The minimum absolute atomic E-state index is 0.361. The summed E-state index contributed by atoms with van der Waals surface area (Å²) < 4.78 is 0. The van der Waals surface area contributed by atoms with Gasteiger partial charge in [-0.2, -0.15) is 0 Å². The molecule has 1 aliphatic heterocycles. The Hall–Kier alpha value is -0.120. The molecule has 1 heterocycles. The van der Waals surface area contributed by atoms with Gasteiger partial charge in [0.25, 0.3) is 0 Å². The topological polar surface area (TPSA) is 44.3 Å². The Labute approximate surface area is 117 Å². The Morgan fingerprint density at radius 3 is 2.63 bits per heavy atom. The SMILES string of the molecule is OCCC1(CNC2CCCCC2C2CCCN2)CC1. The summed E-state index contributed by atoms with van der Waals surface area (Å²) in [6, 6.07) is 1.49. The molecule has 0 spiro atoms. The maximum atomic E-state index is 9.17. The van der Waals surface area contributed by atoms with Gasteiger partial charge in [0, 0.05) is 25.2 Å². The van der Waals surface area contributed by atoms with Crippen LogP contribution in [0.15, 0.2) is 0 Å². The van der Waals surface area contributed by atoms with Gasteiger partial charge in [-0.25, -0.2) is 0 Å². The minimum atomic E-state index is 0.361. The molecule has 1 saturated heterocycles. The van der Waals surface area contributed by atoms with E-state index in [9.17, 15) is 0 Å². The van der Waals surface area contributed by atoms with Crippen molar-refractivity contribution >= 4 is 0 Å². The first-order valence-electron chi connectivity index (χ1n) is 8.41. The van der Waals surface area contributed by atoms with Crippen LogP contribution in [0.3, 0.4) is 0 Å². The van der Waals surface area contributed by atoms with Crippen LogP contribution in [-0.2, 0) is 0 Å². The van der Waals surface area contributed by atoms with Crippen molar-refractivity contribution in [3.8, 4) is 0 Å². The molecule has 0 amide bonds. The van der Waals surface area contributed by atoms with E-state index in [1.807, 2.05) is 0 Å². The summed E-state index contributed by atoms with van der Waals surface area (Å²) in [4.78, 5) is 0. The highest BCUT2D eigenvalue weighted by Gasteiger charge is 2.43. The summed E-state index contributed by atoms with van der Waals surface area (Å²) in [5, 5.41) is 16.8. The molecule has 0 radical (unpaired) electrons. The van der Waals surface area contributed by atoms with Crippen molar-refractivity contribution in [2.75, 3.05) is 19.7 Å².